The molecule has 0 unspecified atom stereocenters. The number of nitrogens with zero attached hydrogens (tertiary/aromatic N) is 4. The van der Waals surface area contributed by atoms with Crippen LogP contribution in [-0.4, -0.2) is 25.6 Å². The first-order valence-corrected chi connectivity index (χ1v) is 12.3. The Hall–Kier alpha value is -4.92. The van der Waals surface area contributed by atoms with Crippen molar-refractivity contribution in [1.29, 1.82) is 0 Å². The minimum absolute atomic E-state index is 0.107. The Morgan fingerprint density at radius 2 is 1.79 bits per heavy atom. The number of benzene rings is 2. The molecule has 9 heteroatoms. The van der Waals surface area contributed by atoms with Crippen molar-refractivity contribution in [2.75, 3.05) is 5.32 Å². The molecule has 8 nitrogen and oxygen atoms in total. The van der Waals surface area contributed by atoms with Crippen LogP contribution in [0.1, 0.15) is 36.7 Å². The average Bonchev–Trinajstić information content (AvgIpc) is 2.90. The fourth-order valence-electron chi connectivity index (χ4n) is 4.47. The summed E-state index contributed by atoms with van der Waals surface area (Å²) in [5.41, 5.74) is 1.11. The van der Waals surface area contributed by atoms with E-state index < -0.39 is 11.4 Å². The number of halogens is 1. The summed E-state index contributed by atoms with van der Waals surface area (Å²) in [6.45, 7) is 5.88. The van der Waals surface area contributed by atoms with Crippen molar-refractivity contribution < 1.29 is 9.18 Å². The lowest BCUT2D eigenvalue weighted by Crippen LogP contribution is -2.24. The summed E-state index contributed by atoms with van der Waals surface area (Å²) < 4.78 is 17.6. The fraction of sp³-hybridized carbons (Fsp3) is 0.167. The molecule has 196 valence electrons. The second-order valence-electron chi connectivity index (χ2n) is 10.3. The van der Waals surface area contributed by atoms with Crippen molar-refractivity contribution in [3.63, 3.8) is 0 Å². The molecule has 2 aromatic carbocycles. The summed E-state index contributed by atoms with van der Waals surface area (Å²) >= 11 is 0. The largest absolute Gasteiger partial charge is 0.336 e. The molecule has 5 aromatic rings. The number of hydrogen-bond donors (Lipinski definition) is 1. The number of pyridine rings is 2. The summed E-state index contributed by atoms with van der Waals surface area (Å²) in [4.78, 5) is 42.9. The number of carbonyl (C=O) groups is 1. The van der Waals surface area contributed by atoms with E-state index in [2.05, 4.69) is 15.4 Å². The number of rotatable bonds is 5. The zero-order valence-corrected chi connectivity index (χ0v) is 21.9. The molecule has 0 saturated heterocycles. The van der Waals surface area contributed by atoms with Gasteiger partial charge in [-0.05, 0) is 52.9 Å². The number of fused-ring (bicyclic) bond motifs is 1. The van der Waals surface area contributed by atoms with E-state index in [1.54, 1.807) is 68.0 Å². The van der Waals surface area contributed by atoms with Gasteiger partial charge in [0.1, 0.15) is 17.3 Å². The minimum Gasteiger partial charge on any atom is -0.336 e. The van der Waals surface area contributed by atoms with Gasteiger partial charge in [0.25, 0.3) is 11.1 Å². The highest BCUT2D eigenvalue weighted by molar-refractivity contribution is 5.93. The Balaban J connectivity index is 1.67. The van der Waals surface area contributed by atoms with Crippen LogP contribution in [0.2, 0.25) is 0 Å². The Bertz CT molecular complexity index is 1850. The van der Waals surface area contributed by atoms with Crippen LogP contribution in [-0.2, 0) is 12.5 Å². The quantitative estimate of drug-likeness (QED) is 0.320. The number of carbonyl (C=O) groups excluding carboxylic acids is 1. The maximum Gasteiger partial charge on any atom is 0.282 e. The molecule has 0 bridgehead atoms. The zero-order chi connectivity index (χ0) is 27.9. The van der Waals surface area contributed by atoms with Gasteiger partial charge < -0.3 is 9.88 Å². The number of aldehydes is 1. The standard InChI is InChI=1S/C30H26FN5O3/c1-30(2,3)20-12-18-15-33-36(29(39)27(18)23(31)14-20)25-9-7-8-21(22(25)17-37)19-13-24(28(38)35(4)16-19)34-26-10-5-6-11-32-26/h5-17H,1-4H3,(H,32,34). The topological polar surface area (TPSA) is 98.9 Å². The summed E-state index contributed by atoms with van der Waals surface area (Å²) in [5, 5.41) is 7.58. The lowest BCUT2D eigenvalue weighted by Gasteiger charge is -2.20. The Morgan fingerprint density at radius 1 is 1.00 bits per heavy atom. The van der Waals surface area contributed by atoms with Gasteiger partial charge >= 0.3 is 0 Å². The van der Waals surface area contributed by atoms with E-state index in [1.165, 1.54) is 16.8 Å². The van der Waals surface area contributed by atoms with Gasteiger partial charge in [0.2, 0.25) is 0 Å². The van der Waals surface area contributed by atoms with Gasteiger partial charge in [-0.15, -0.1) is 0 Å². The predicted molar refractivity (Wildman–Crippen MR) is 150 cm³/mol. The third-order valence-corrected chi connectivity index (χ3v) is 6.56. The summed E-state index contributed by atoms with van der Waals surface area (Å²) in [5.74, 6) is -0.162. The molecular formula is C30H26FN5O3. The van der Waals surface area contributed by atoms with E-state index in [9.17, 15) is 14.4 Å². The molecule has 0 spiro atoms. The van der Waals surface area contributed by atoms with Gasteiger partial charge in [0.15, 0.2) is 6.29 Å². The van der Waals surface area contributed by atoms with Crippen LogP contribution in [0, 0.1) is 5.82 Å². The van der Waals surface area contributed by atoms with Crippen LogP contribution in [0.25, 0.3) is 27.6 Å². The van der Waals surface area contributed by atoms with Crippen LogP contribution in [0.15, 0.2) is 82.8 Å². The highest BCUT2D eigenvalue weighted by atomic mass is 19.1. The molecular weight excluding hydrogens is 497 g/mol. The van der Waals surface area contributed by atoms with E-state index in [0.717, 1.165) is 10.2 Å². The first kappa shape index (κ1) is 25.7. The van der Waals surface area contributed by atoms with Crippen LogP contribution >= 0.6 is 0 Å². The Morgan fingerprint density at radius 3 is 2.49 bits per heavy atom. The molecule has 0 amide bonds. The molecule has 39 heavy (non-hydrogen) atoms. The third kappa shape index (κ3) is 4.74. The van der Waals surface area contributed by atoms with Crippen LogP contribution < -0.4 is 16.4 Å². The molecule has 0 atom stereocenters. The first-order valence-electron chi connectivity index (χ1n) is 12.3. The number of anilines is 2. The molecule has 5 rings (SSSR count). The maximum atomic E-state index is 15.2. The lowest BCUT2D eigenvalue weighted by atomic mass is 9.86. The van der Waals surface area contributed by atoms with Crippen molar-refractivity contribution in [3.05, 3.63) is 111 Å². The van der Waals surface area contributed by atoms with Crippen LogP contribution in [0.5, 0.6) is 0 Å². The maximum absolute atomic E-state index is 15.2. The smallest absolute Gasteiger partial charge is 0.282 e. The normalized spacial score (nSPS) is 11.5. The molecule has 0 aliphatic heterocycles. The molecule has 3 aromatic heterocycles. The van der Waals surface area contributed by atoms with Crippen LogP contribution in [0.3, 0.4) is 0 Å². The Kier molecular flexibility index (Phi) is 6.43. The van der Waals surface area contributed by atoms with Crippen molar-refractivity contribution in [3.8, 4) is 16.8 Å². The number of nitrogens with one attached hydrogen (secondary N) is 1. The molecule has 0 aliphatic carbocycles. The molecule has 1 N–H and O–H groups in total. The molecule has 0 fully saturated rings. The van der Waals surface area contributed by atoms with Gasteiger partial charge in [-0.3, -0.25) is 14.4 Å². The van der Waals surface area contributed by atoms with Gasteiger partial charge in [-0.2, -0.15) is 9.78 Å². The van der Waals surface area contributed by atoms with Gasteiger partial charge in [0.05, 0.1) is 17.3 Å². The Labute approximate surface area is 223 Å². The lowest BCUT2D eigenvalue weighted by molar-refractivity contribution is 0.112. The molecule has 0 radical (unpaired) electrons. The van der Waals surface area contributed by atoms with Gasteiger partial charge in [-0.25, -0.2) is 9.37 Å². The van der Waals surface area contributed by atoms with Gasteiger partial charge in [0, 0.05) is 36.0 Å². The van der Waals surface area contributed by atoms with Crippen molar-refractivity contribution in [2.24, 2.45) is 7.05 Å². The number of aromatic nitrogens is 4. The minimum atomic E-state index is -0.677. The van der Waals surface area contributed by atoms with E-state index >= 15 is 4.39 Å². The zero-order valence-electron chi connectivity index (χ0n) is 21.9. The second-order valence-corrected chi connectivity index (χ2v) is 10.3. The highest BCUT2D eigenvalue weighted by Crippen LogP contribution is 2.30. The van der Waals surface area contributed by atoms with E-state index in [1.807, 2.05) is 20.8 Å². The predicted octanol–water partition coefficient (Wildman–Crippen LogP) is 5.14. The van der Waals surface area contributed by atoms with E-state index in [0.29, 0.717) is 28.6 Å². The summed E-state index contributed by atoms with van der Waals surface area (Å²) in [6.07, 6.45) is 5.25. The fourth-order valence-corrected chi connectivity index (χ4v) is 4.47. The highest BCUT2D eigenvalue weighted by Gasteiger charge is 2.21. The van der Waals surface area contributed by atoms with Crippen molar-refractivity contribution >= 4 is 28.6 Å². The van der Waals surface area contributed by atoms with Gasteiger partial charge in [-0.1, -0.05) is 39.0 Å². The number of hydrogen-bond acceptors (Lipinski definition) is 6. The van der Waals surface area contributed by atoms with E-state index in [4.69, 9.17) is 0 Å². The number of aryl methyl sites for hydroxylation is 1. The molecule has 3 heterocycles. The summed E-state index contributed by atoms with van der Waals surface area (Å²) in [7, 11) is 1.60. The second kappa shape index (κ2) is 9.75. The molecule has 0 aliphatic rings. The van der Waals surface area contributed by atoms with E-state index in [-0.39, 0.29) is 33.3 Å². The van der Waals surface area contributed by atoms with Crippen LogP contribution in [0.4, 0.5) is 15.9 Å². The third-order valence-electron chi connectivity index (χ3n) is 6.56. The van der Waals surface area contributed by atoms with Crippen molar-refractivity contribution in [1.82, 2.24) is 19.3 Å². The SMILES string of the molecule is Cn1cc(-c2cccc(-n3ncc4cc(C(C)(C)C)cc(F)c4c3=O)c2C=O)cc(Nc2ccccn2)c1=O. The molecule has 0 saturated carbocycles. The van der Waals surface area contributed by atoms with Crippen molar-refractivity contribution in [2.45, 2.75) is 26.2 Å². The monoisotopic (exact) mass is 523 g/mol. The first-order chi connectivity index (χ1) is 18.6. The average molecular weight is 524 g/mol. The summed E-state index contributed by atoms with van der Waals surface area (Å²) in [6, 6.07) is 15.0.